The molecule has 0 aromatic heterocycles. The van der Waals surface area contributed by atoms with Crippen LogP contribution >= 0.6 is 22.6 Å². The lowest BCUT2D eigenvalue weighted by Gasteiger charge is -2.06. The summed E-state index contributed by atoms with van der Waals surface area (Å²) in [6, 6.07) is 0. The molecule has 0 atom stereocenters. The van der Waals surface area contributed by atoms with Crippen LogP contribution in [0.1, 0.15) is 25.7 Å². The SMILES string of the molecule is NCCOCCOCCOCCCCCCI. The van der Waals surface area contributed by atoms with Crippen LogP contribution in [0.3, 0.4) is 0 Å². The van der Waals surface area contributed by atoms with Gasteiger partial charge in [-0.3, -0.25) is 0 Å². The van der Waals surface area contributed by atoms with Crippen molar-refractivity contribution >= 4 is 22.6 Å². The van der Waals surface area contributed by atoms with Crippen molar-refractivity contribution in [3.63, 3.8) is 0 Å². The van der Waals surface area contributed by atoms with Crippen LogP contribution in [0.5, 0.6) is 0 Å². The number of unbranched alkanes of at least 4 members (excludes halogenated alkanes) is 3. The van der Waals surface area contributed by atoms with Gasteiger partial charge in [0.2, 0.25) is 0 Å². The molecule has 0 unspecified atom stereocenters. The zero-order valence-electron chi connectivity index (χ0n) is 10.7. The predicted molar refractivity (Wildman–Crippen MR) is 78.9 cm³/mol. The first kappa shape index (κ1) is 17.6. The van der Waals surface area contributed by atoms with Gasteiger partial charge in [0.05, 0.1) is 33.0 Å². The Morgan fingerprint density at radius 2 is 1.18 bits per heavy atom. The molecule has 0 aromatic carbocycles. The van der Waals surface area contributed by atoms with Gasteiger partial charge in [0, 0.05) is 13.2 Å². The van der Waals surface area contributed by atoms with E-state index in [0.717, 1.165) is 13.0 Å². The van der Waals surface area contributed by atoms with Crippen LogP contribution in [0, 0.1) is 0 Å². The quantitative estimate of drug-likeness (QED) is 0.293. The van der Waals surface area contributed by atoms with Crippen molar-refractivity contribution in [3.05, 3.63) is 0 Å². The molecule has 0 aromatic rings. The second-order valence-electron chi connectivity index (χ2n) is 3.73. The molecule has 0 rings (SSSR count). The lowest BCUT2D eigenvalue weighted by atomic mass is 10.2. The van der Waals surface area contributed by atoms with Gasteiger partial charge in [0.1, 0.15) is 0 Å². The van der Waals surface area contributed by atoms with Gasteiger partial charge < -0.3 is 19.9 Å². The van der Waals surface area contributed by atoms with Gasteiger partial charge >= 0.3 is 0 Å². The van der Waals surface area contributed by atoms with Gasteiger partial charge in [-0.15, -0.1) is 0 Å². The molecule has 2 N–H and O–H groups in total. The third-order valence-corrected chi connectivity index (χ3v) is 2.94. The summed E-state index contributed by atoms with van der Waals surface area (Å²) in [7, 11) is 0. The first-order valence-electron chi connectivity index (χ1n) is 6.41. The number of halogens is 1. The van der Waals surface area contributed by atoms with Crippen LogP contribution in [0.2, 0.25) is 0 Å². The lowest BCUT2D eigenvalue weighted by Crippen LogP contribution is -2.13. The van der Waals surface area contributed by atoms with Gasteiger partial charge in [-0.2, -0.15) is 0 Å². The van der Waals surface area contributed by atoms with E-state index in [1.165, 1.54) is 23.7 Å². The normalized spacial score (nSPS) is 10.9. The van der Waals surface area contributed by atoms with Gasteiger partial charge in [-0.05, 0) is 17.3 Å². The fourth-order valence-electron chi connectivity index (χ4n) is 1.28. The molecule has 0 radical (unpaired) electrons. The van der Waals surface area contributed by atoms with Gasteiger partial charge in [-0.1, -0.05) is 35.4 Å². The Kier molecular flexibility index (Phi) is 17.1. The number of nitrogens with two attached hydrogens (primary N) is 1. The van der Waals surface area contributed by atoms with E-state index in [1.54, 1.807) is 0 Å². The molecule has 0 saturated carbocycles. The van der Waals surface area contributed by atoms with Crippen molar-refractivity contribution in [2.45, 2.75) is 25.7 Å². The van der Waals surface area contributed by atoms with Crippen LogP contribution < -0.4 is 5.73 Å². The molecule has 0 bridgehead atoms. The molecule has 0 aliphatic carbocycles. The smallest absolute Gasteiger partial charge is 0.0701 e. The summed E-state index contributed by atoms with van der Waals surface area (Å²) in [5.74, 6) is 0. The summed E-state index contributed by atoms with van der Waals surface area (Å²) in [6.07, 6.45) is 5.08. The minimum atomic E-state index is 0.570. The number of hydrogen-bond donors (Lipinski definition) is 1. The Bertz CT molecular complexity index is 125. The fraction of sp³-hybridized carbons (Fsp3) is 1.00. The molecule has 0 heterocycles. The van der Waals surface area contributed by atoms with Crippen LogP contribution in [-0.4, -0.2) is 50.6 Å². The molecule has 0 amide bonds. The van der Waals surface area contributed by atoms with Crippen LogP contribution in [0.25, 0.3) is 0 Å². The van der Waals surface area contributed by atoms with Gasteiger partial charge in [0.15, 0.2) is 0 Å². The second kappa shape index (κ2) is 16.6. The molecule has 0 fully saturated rings. The van der Waals surface area contributed by atoms with E-state index in [1.807, 2.05) is 0 Å². The van der Waals surface area contributed by atoms with E-state index in [9.17, 15) is 0 Å². The molecule has 5 heteroatoms. The first-order chi connectivity index (χ1) is 8.41. The van der Waals surface area contributed by atoms with E-state index in [0.29, 0.717) is 39.6 Å². The first-order valence-corrected chi connectivity index (χ1v) is 7.93. The molecule has 0 aliphatic rings. The molecular formula is C12H26INO3. The monoisotopic (exact) mass is 359 g/mol. The molecular weight excluding hydrogens is 333 g/mol. The zero-order valence-corrected chi connectivity index (χ0v) is 12.8. The second-order valence-corrected chi connectivity index (χ2v) is 4.81. The summed E-state index contributed by atoms with van der Waals surface area (Å²) < 4.78 is 17.2. The third kappa shape index (κ3) is 16.6. The number of rotatable bonds is 14. The number of alkyl halides is 1. The van der Waals surface area contributed by atoms with E-state index >= 15 is 0 Å². The fourth-order valence-corrected chi connectivity index (χ4v) is 1.82. The van der Waals surface area contributed by atoms with Crippen molar-refractivity contribution in [1.82, 2.24) is 0 Å². The van der Waals surface area contributed by atoms with Crippen molar-refractivity contribution in [2.75, 3.05) is 50.6 Å². The van der Waals surface area contributed by atoms with E-state index < -0.39 is 0 Å². The molecule has 0 saturated heterocycles. The molecule has 104 valence electrons. The Hall–Kier alpha value is 0.570. The average Bonchev–Trinajstić information content (AvgIpc) is 2.35. The Balaban J connectivity index is 2.85. The van der Waals surface area contributed by atoms with E-state index in [4.69, 9.17) is 19.9 Å². The van der Waals surface area contributed by atoms with Crippen LogP contribution in [0.4, 0.5) is 0 Å². The van der Waals surface area contributed by atoms with Crippen molar-refractivity contribution in [3.8, 4) is 0 Å². The average molecular weight is 359 g/mol. The van der Waals surface area contributed by atoms with Crippen LogP contribution in [0.15, 0.2) is 0 Å². The lowest BCUT2D eigenvalue weighted by molar-refractivity contribution is 0.0153. The maximum absolute atomic E-state index is 5.45. The molecule has 0 spiro atoms. The highest BCUT2D eigenvalue weighted by atomic mass is 127. The molecule has 4 nitrogen and oxygen atoms in total. The Morgan fingerprint density at radius 3 is 1.76 bits per heavy atom. The largest absolute Gasteiger partial charge is 0.379 e. The Morgan fingerprint density at radius 1 is 0.647 bits per heavy atom. The zero-order chi connectivity index (χ0) is 12.6. The summed E-state index contributed by atoms with van der Waals surface area (Å²) in [4.78, 5) is 0. The third-order valence-electron chi connectivity index (χ3n) is 2.18. The van der Waals surface area contributed by atoms with E-state index in [2.05, 4.69) is 22.6 Å². The van der Waals surface area contributed by atoms with Crippen LogP contribution in [-0.2, 0) is 14.2 Å². The van der Waals surface area contributed by atoms with Gasteiger partial charge in [-0.25, -0.2) is 0 Å². The highest BCUT2D eigenvalue weighted by Crippen LogP contribution is 2.02. The highest BCUT2D eigenvalue weighted by Gasteiger charge is 1.92. The standard InChI is InChI=1S/C12H26INO3/c13-5-3-1-2-4-7-15-9-11-17-12-10-16-8-6-14/h1-12,14H2. The highest BCUT2D eigenvalue weighted by molar-refractivity contribution is 14.1. The Labute approximate surface area is 119 Å². The molecule has 17 heavy (non-hydrogen) atoms. The number of ether oxygens (including phenoxy) is 3. The summed E-state index contributed by atoms with van der Waals surface area (Å²) >= 11 is 2.42. The van der Waals surface area contributed by atoms with Crippen molar-refractivity contribution < 1.29 is 14.2 Å². The summed E-state index contributed by atoms with van der Waals surface area (Å²) in [6.45, 7) is 4.61. The molecule has 0 aliphatic heterocycles. The summed E-state index contributed by atoms with van der Waals surface area (Å²) in [5, 5.41) is 0. The van der Waals surface area contributed by atoms with Gasteiger partial charge in [0.25, 0.3) is 0 Å². The minimum absolute atomic E-state index is 0.570. The van der Waals surface area contributed by atoms with Crippen molar-refractivity contribution in [2.24, 2.45) is 5.73 Å². The summed E-state index contributed by atoms with van der Waals surface area (Å²) in [5.41, 5.74) is 5.28. The minimum Gasteiger partial charge on any atom is -0.379 e. The maximum Gasteiger partial charge on any atom is 0.0701 e. The maximum atomic E-state index is 5.45. The topological polar surface area (TPSA) is 53.7 Å². The number of hydrogen-bond acceptors (Lipinski definition) is 4. The van der Waals surface area contributed by atoms with Crippen molar-refractivity contribution in [1.29, 1.82) is 0 Å². The van der Waals surface area contributed by atoms with E-state index in [-0.39, 0.29) is 0 Å². The predicted octanol–water partition coefficient (Wildman–Crippen LogP) is 1.99.